The second-order valence-electron chi connectivity index (χ2n) is 16.0. The van der Waals surface area contributed by atoms with Gasteiger partial charge >= 0.3 is 0 Å². The van der Waals surface area contributed by atoms with Crippen molar-refractivity contribution in [1.82, 2.24) is 4.90 Å². The molecule has 10 nitrogen and oxygen atoms in total. The minimum absolute atomic E-state index is 0.0496. The highest BCUT2D eigenvalue weighted by atomic mass is 28.4. The largest absolute Gasteiger partial charge is 0.432 e. The summed E-state index contributed by atoms with van der Waals surface area (Å²) in [5.41, 5.74) is 11.2. The molecule has 3 aliphatic rings. The number of nitrogen functional groups attached to an aromatic ring is 1. The quantitative estimate of drug-likeness (QED) is 0.0971. The lowest BCUT2D eigenvalue weighted by atomic mass is 9.82. The van der Waals surface area contributed by atoms with Crippen molar-refractivity contribution in [2.75, 3.05) is 29.1 Å². The zero-order valence-electron chi connectivity index (χ0n) is 32.3. The number of ether oxygens (including phenoxy) is 1. The van der Waals surface area contributed by atoms with Gasteiger partial charge in [0, 0.05) is 47.1 Å². The van der Waals surface area contributed by atoms with Gasteiger partial charge in [0.15, 0.2) is 13.9 Å². The number of carbonyl (C=O) groups is 3. The number of hydrogen-bond donors (Lipinski definition) is 4. The number of fused-ring (bicyclic) bond motifs is 3. The Bertz CT molecular complexity index is 1970. The van der Waals surface area contributed by atoms with Gasteiger partial charge in [0.25, 0.3) is 11.8 Å². The van der Waals surface area contributed by atoms with Gasteiger partial charge in [-0.2, -0.15) is 0 Å². The molecule has 3 amide bonds. The molecule has 1 saturated heterocycles. The molecule has 0 unspecified atom stereocenters. The standard InChI is InChI=1S/C43H54N4O6Si/c1-27(2)10-9-11-28(3)20-21-46-37-19-18-34(45-41(50)30-14-16-33(44)17-15-30)23-36(37)43(42(46)51)29(4)40(54(5,6)52)38(53-43)24-39(49)47-25-32-13-8-7-12-31(32)22-35(47)26-48/h7-8,10,12-20,23,29,35,38,40,48,52H,9,11,21-22,24-26,44H2,1-6H3,(H,45,50)/b28-20+/t29-,35-,38+,40-,43+/m0/s1. The monoisotopic (exact) mass is 750 g/mol. The Morgan fingerprint density at radius 1 is 1.04 bits per heavy atom. The average Bonchev–Trinajstić information content (AvgIpc) is 3.55. The predicted molar refractivity (Wildman–Crippen MR) is 215 cm³/mol. The van der Waals surface area contributed by atoms with E-state index in [2.05, 4.69) is 38.2 Å². The average molecular weight is 751 g/mol. The first-order chi connectivity index (χ1) is 25.6. The van der Waals surface area contributed by atoms with E-state index in [1.54, 1.807) is 46.2 Å². The van der Waals surface area contributed by atoms with Crippen LogP contribution >= 0.6 is 0 Å². The highest BCUT2D eigenvalue weighted by Gasteiger charge is 2.66. The molecular weight excluding hydrogens is 697 g/mol. The lowest BCUT2D eigenvalue weighted by Crippen LogP contribution is -2.48. The third-order valence-electron chi connectivity index (χ3n) is 11.4. The molecule has 0 radical (unpaired) electrons. The summed E-state index contributed by atoms with van der Waals surface area (Å²) in [5, 5.41) is 13.3. The molecule has 3 aromatic rings. The summed E-state index contributed by atoms with van der Waals surface area (Å²) in [6, 6.07) is 19.6. The van der Waals surface area contributed by atoms with Gasteiger partial charge in [-0.25, -0.2) is 0 Å². The van der Waals surface area contributed by atoms with Crippen molar-refractivity contribution in [2.24, 2.45) is 5.92 Å². The number of nitrogens with one attached hydrogen (secondary N) is 1. The number of anilines is 3. The zero-order chi connectivity index (χ0) is 38.9. The fourth-order valence-electron chi connectivity index (χ4n) is 8.64. The topological polar surface area (TPSA) is 145 Å². The van der Waals surface area contributed by atoms with Crippen LogP contribution in [0.3, 0.4) is 0 Å². The van der Waals surface area contributed by atoms with Crippen LogP contribution in [0.25, 0.3) is 0 Å². The van der Waals surface area contributed by atoms with E-state index in [0.717, 1.165) is 29.5 Å². The second kappa shape index (κ2) is 15.7. The Morgan fingerprint density at radius 3 is 2.41 bits per heavy atom. The lowest BCUT2D eigenvalue weighted by molar-refractivity contribution is -0.150. The number of hydrogen-bond acceptors (Lipinski definition) is 7. The van der Waals surface area contributed by atoms with Crippen LogP contribution in [0, 0.1) is 5.92 Å². The Labute approximate surface area is 319 Å². The van der Waals surface area contributed by atoms with Gasteiger partial charge in [-0.15, -0.1) is 0 Å². The van der Waals surface area contributed by atoms with E-state index >= 15 is 4.79 Å². The van der Waals surface area contributed by atoms with Crippen molar-refractivity contribution in [1.29, 1.82) is 0 Å². The first-order valence-corrected chi connectivity index (χ1v) is 22.0. The van der Waals surface area contributed by atoms with Crippen molar-refractivity contribution in [3.8, 4) is 0 Å². The highest BCUT2D eigenvalue weighted by Crippen LogP contribution is 2.60. The number of amides is 3. The molecule has 5 atom stereocenters. The van der Waals surface area contributed by atoms with E-state index in [1.165, 1.54) is 5.57 Å². The molecule has 54 heavy (non-hydrogen) atoms. The van der Waals surface area contributed by atoms with Crippen LogP contribution in [0.15, 0.2) is 90.0 Å². The number of aliphatic hydroxyl groups is 1. The van der Waals surface area contributed by atoms with Crippen molar-refractivity contribution < 1.29 is 29.0 Å². The molecule has 3 aliphatic heterocycles. The summed E-state index contributed by atoms with van der Waals surface area (Å²) in [4.78, 5) is 57.9. The van der Waals surface area contributed by atoms with Crippen LogP contribution in [-0.4, -0.2) is 66.1 Å². The molecule has 1 spiro atoms. The summed E-state index contributed by atoms with van der Waals surface area (Å²) in [7, 11) is -3.08. The van der Waals surface area contributed by atoms with Gasteiger partial charge in [-0.3, -0.25) is 14.4 Å². The third-order valence-corrected chi connectivity index (χ3v) is 13.9. The SMILES string of the molecule is CC(C)=CCC/C(C)=C/CN1C(=O)[C@]2(O[C@H](CC(=O)N3Cc4ccccc4C[C@H]3CO)[C@@H]([Si](C)(C)O)[C@@H]2C)c2cc(NC(=O)c3ccc(N)cc3)ccc21. The van der Waals surface area contributed by atoms with Crippen LogP contribution in [0.2, 0.25) is 18.6 Å². The molecule has 286 valence electrons. The molecular formula is C43H54N4O6Si. The maximum absolute atomic E-state index is 15.0. The van der Waals surface area contributed by atoms with Gasteiger partial charge in [0.1, 0.15) is 0 Å². The lowest BCUT2D eigenvalue weighted by Gasteiger charge is -2.37. The van der Waals surface area contributed by atoms with Crippen molar-refractivity contribution in [3.05, 3.63) is 112 Å². The molecule has 0 bridgehead atoms. The molecule has 0 aromatic heterocycles. The molecule has 0 aliphatic carbocycles. The van der Waals surface area contributed by atoms with E-state index in [4.69, 9.17) is 10.5 Å². The molecule has 1 fully saturated rings. The van der Waals surface area contributed by atoms with Crippen LogP contribution in [0.5, 0.6) is 0 Å². The molecule has 5 N–H and O–H groups in total. The van der Waals surface area contributed by atoms with Gasteiger partial charge in [-0.05, 0) is 107 Å². The van der Waals surface area contributed by atoms with Crippen LogP contribution in [-0.2, 0) is 32.9 Å². The van der Waals surface area contributed by atoms with Crippen LogP contribution in [0.1, 0.15) is 74.0 Å². The van der Waals surface area contributed by atoms with Gasteiger partial charge < -0.3 is 35.5 Å². The fourth-order valence-corrected chi connectivity index (χ4v) is 11.2. The number of aliphatic hydroxyl groups excluding tert-OH is 1. The van der Waals surface area contributed by atoms with E-state index < -0.39 is 31.5 Å². The number of benzene rings is 3. The summed E-state index contributed by atoms with van der Waals surface area (Å²) in [5.74, 6) is -1.27. The predicted octanol–water partition coefficient (Wildman–Crippen LogP) is 6.69. The second-order valence-corrected chi connectivity index (χ2v) is 20.0. The van der Waals surface area contributed by atoms with Crippen molar-refractivity contribution >= 4 is 43.1 Å². The van der Waals surface area contributed by atoms with Crippen LogP contribution < -0.4 is 16.0 Å². The first kappa shape index (κ1) is 39.1. The summed E-state index contributed by atoms with van der Waals surface area (Å²) < 4.78 is 7.00. The van der Waals surface area contributed by atoms with Gasteiger partial charge in [0.2, 0.25) is 5.91 Å². The zero-order valence-corrected chi connectivity index (χ0v) is 33.3. The van der Waals surface area contributed by atoms with Crippen molar-refractivity contribution in [3.63, 3.8) is 0 Å². The smallest absolute Gasteiger partial charge is 0.264 e. The maximum atomic E-state index is 15.0. The normalized spacial score (nSPS) is 23.7. The van der Waals surface area contributed by atoms with E-state index in [9.17, 15) is 19.5 Å². The van der Waals surface area contributed by atoms with Crippen molar-refractivity contribution in [2.45, 2.75) is 96.3 Å². The summed E-state index contributed by atoms with van der Waals surface area (Å²) in [6.07, 6.45) is 5.77. The van der Waals surface area contributed by atoms with Gasteiger partial charge in [-0.1, -0.05) is 54.5 Å². The third kappa shape index (κ3) is 7.68. The minimum Gasteiger partial charge on any atom is -0.432 e. The first-order valence-electron chi connectivity index (χ1n) is 18.9. The highest BCUT2D eigenvalue weighted by molar-refractivity contribution is 6.71. The molecule has 0 saturated carbocycles. The molecule has 3 heterocycles. The maximum Gasteiger partial charge on any atom is 0.264 e. The summed E-state index contributed by atoms with van der Waals surface area (Å²) in [6.45, 7) is 12.3. The number of allylic oxidation sites excluding steroid dienone is 3. The number of rotatable bonds is 11. The summed E-state index contributed by atoms with van der Waals surface area (Å²) >= 11 is 0. The molecule has 11 heteroatoms. The van der Waals surface area contributed by atoms with E-state index in [1.807, 2.05) is 50.3 Å². The minimum atomic E-state index is -3.08. The fraction of sp³-hybridized carbons (Fsp3) is 0.419. The van der Waals surface area contributed by atoms with Crippen LogP contribution in [0.4, 0.5) is 17.1 Å². The molecule has 6 rings (SSSR count). The number of carbonyl (C=O) groups excluding carboxylic acids is 3. The van der Waals surface area contributed by atoms with E-state index in [-0.39, 0.29) is 36.8 Å². The Hall–Kier alpha value is -4.55. The molecule has 3 aromatic carbocycles. The number of nitrogens with zero attached hydrogens (tertiary/aromatic N) is 2. The Kier molecular flexibility index (Phi) is 11.4. The number of nitrogens with two attached hydrogens (primary N) is 1. The Morgan fingerprint density at radius 2 is 1.74 bits per heavy atom. The van der Waals surface area contributed by atoms with E-state index in [0.29, 0.717) is 47.7 Å². The Balaban J connectivity index is 1.36. The van der Waals surface area contributed by atoms with Gasteiger partial charge in [0.05, 0.1) is 30.9 Å².